The normalized spacial score (nSPS) is 29.3. The third kappa shape index (κ3) is 9.13. The molecule has 0 bridgehead atoms. The molecule has 1 saturated heterocycles. The zero-order valence-electron chi connectivity index (χ0n) is 24.3. The number of amides is 1. The Hall–Kier alpha value is -3.30. The average molecular weight is 554 g/mol. The number of piperazine rings is 1. The van der Waals surface area contributed by atoms with Crippen molar-refractivity contribution in [1.82, 2.24) is 14.8 Å². The van der Waals surface area contributed by atoms with Crippen LogP contribution in [-0.2, 0) is 19.1 Å². The molecule has 0 spiro atoms. The Kier molecular flexibility index (Phi) is 11.2. The van der Waals surface area contributed by atoms with Crippen LogP contribution >= 0.6 is 0 Å². The number of carbonyl (C=O) groups is 3. The Bertz CT molecular complexity index is 1110. The quantitative estimate of drug-likeness (QED) is 0.252. The van der Waals surface area contributed by atoms with Gasteiger partial charge in [-0.05, 0) is 51.1 Å². The van der Waals surface area contributed by atoms with Crippen LogP contribution in [0.15, 0.2) is 60.3 Å². The first-order chi connectivity index (χ1) is 19.0. The predicted molar refractivity (Wildman–Crippen MR) is 153 cm³/mol. The lowest BCUT2D eigenvalue weighted by molar-refractivity contribution is -0.151. The lowest BCUT2D eigenvalue weighted by atomic mass is 9.89. The number of allylic oxidation sites excluding steroid dienone is 3. The molecule has 1 aromatic rings. The lowest BCUT2D eigenvalue weighted by Gasteiger charge is -2.36. The number of aromatic nitrogens is 1. The van der Waals surface area contributed by atoms with E-state index >= 15 is 0 Å². The Balaban J connectivity index is 1.81. The van der Waals surface area contributed by atoms with Gasteiger partial charge in [-0.15, -0.1) is 0 Å². The molecule has 9 nitrogen and oxygen atoms in total. The van der Waals surface area contributed by atoms with E-state index in [-0.39, 0.29) is 36.9 Å². The largest absolute Gasteiger partial charge is 0.457 e. The number of nitrogens with zero attached hydrogens (tertiary/aromatic N) is 3. The lowest BCUT2D eigenvalue weighted by Crippen LogP contribution is -2.50. The molecule has 40 heavy (non-hydrogen) atoms. The van der Waals surface area contributed by atoms with Crippen LogP contribution in [0.2, 0.25) is 0 Å². The van der Waals surface area contributed by atoms with Gasteiger partial charge in [0.15, 0.2) is 6.10 Å². The number of rotatable bonds is 5. The Morgan fingerprint density at radius 1 is 1.23 bits per heavy atom. The maximum absolute atomic E-state index is 13.0. The zero-order chi connectivity index (χ0) is 29.3. The van der Waals surface area contributed by atoms with Gasteiger partial charge in [0.2, 0.25) is 0 Å². The number of hydrogen-bond acceptors (Lipinski definition) is 8. The summed E-state index contributed by atoms with van der Waals surface area (Å²) in [5.41, 5.74) is 0.237. The highest BCUT2D eigenvalue weighted by atomic mass is 16.6. The molecule has 5 atom stereocenters. The van der Waals surface area contributed by atoms with Crippen molar-refractivity contribution in [3.8, 4) is 0 Å². The zero-order valence-corrected chi connectivity index (χ0v) is 24.3. The molecule has 1 amide bonds. The van der Waals surface area contributed by atoms with E-state index in [4.69, 9.17) is 9.47 Å². The molecule has 3 heterocycles. The van der Waals surface area contributed by atoms with Gasteiger partial charge in [-0.1, -0.05) is 44.2 Å². The standard InChI is InChI=1S/C31H43N3O6/c1-22(26-11-6-7-16-32-26)9-8-10-23(2)29-24(3)12-13-27(39-30(37)34-19-17-33(5)18-20-34)31(4,38)15-14-25(35)21-28(36)40-29/h6-13,16,22,24,27,29,38H,14-15,17-21H2,1-5H3/b9-8+,13-12+,23-10+/t22-,24+,27+,29-,31-/m1/s1. The number of Topliss-reactive ketones (excluding diaryl/α,β-unsaturated/α-hetero) is 1. The molecular formula is C31H43N3O6. The van der Waals surface area contributed by atoms with Crippen LogP contribution in [-0.4, -0.2) is 88.8 Å². The minimum absolute atomic E-state index is 0.0400. The molecule has 2 aliphatic heterocycles. The van der Waals surface area contributed by atoms with E-state index in [0.717, 1.165) is 24.4 Å². The van der Waals surface area contributed by atoms with Gasteiger partial charge in [-0.2, -0.15) is 0 Å². The van der Waals surface area contributed by atoms with E-state index in [9.17, 15) is 19.5 Å². The van der Waals surface area contributed by atoms with E-state index < -0.39 is 29.9 Å². The molecule has 0 saturated carbocycles. The third-order valence-corrected chi connectivity index (χ3v) is 7.54. The van der Waals surface area contributed by atoms with Gasteiger partial charge in [0.1, 0.15) is 23.9 Å². The summed E-state index contributed by atoms with van der Waals surface area (Å²) < 4.78 is 11.6. The number of ether oxygens (including phenoxy) is 2. The van der Waals surface area contributed by atoms with Gasteiger partial charge in [0.05, 0.1) is 0 Å². The van der Waals surface area contributed by atoms with Crippen molar-refractivity contribution >= 4 is 17.8 Å². The number of ketones is 1. The number of cyclic esters (lactones) is 1. The Morgan fingerprint density at radius 2 is 1.95 bits per heavy atom. The highest BCUT2D eigenvalue weighted by Gasteiger charge is 2.36. The highest BCUT2D eigenvalue weighted by molar-refractivity contribution is 5.95. The fraction of sp³-hybridized carbons (Fsp3) is 0.548. The van der Waals surface area contributed by atoms with E-state index in [1.165, 1.54) is 0 Å². The fourth-order valence-electron chi connectivity index (χ4n) is 4.72. The van der Waals surface area contributed by atoms with Crippen LogP contribution in [0.4, 0.5) is 4.79 Å². The first-order valence-electron chi connectivity index (χ1n) is 14.0. The number of carbonyl (C=O) groups excluding carboxylic acids is 3. The summed E-state index contributed by atoms with van der Waals surface area (Å²) in [5, 5.41) is 11.3. The fourth-order valence-corrected chi connectivity index (χ4v) is 4.72. The van der Waals surface area contributed by atoms with Crippen LogP contribution < -0.4 is 0 Å². The number of hydrogen-bond donors (Lipinski definition) is 1. The van der Waals surface area contributed by atoms with Crippen molar-refractivity contribution in [1.29, 1.82) is 0 Å². The van der Waals surface area contributed by atoms with E-state index in [2.05, 4.69) is 9.88 Å². The van der Waals surface area contributed by atoms with Crippen molar-refractivity contribution in [3.05, 3.63) is 66.0 Å². The molecule has 0 aliphatic carbocycles. The summed E-state index contributed by atoms with van der Waals surface area (Å²) >= 11 is 0. The summed E-state index contributed by atoms with van der Waals surface area (Å²) in [6, 6.07) is 5.78. The monoisotopic (exact) mass is 553 g/mol. The maximum atomic E-state index is 13.0. The summed E-state index contributed by atoms with van der Waals surface area (Å²) in [7, 11) is 2.00. The number of likely N-dealkylation sites (N-methyl/N-ethyl adjacent to an activating group) is 1. The second kappa shape index (κ2) is 14.4. The highest BCUT2D eigenvalue weighted by Crippen LogP contribution is 2.27. The summed E-state index contributed by atoms with van der Waals surface area (Å²) in [6.07, 6.45) is 8.51. The molecular weight excluding hydrogens is 510 g/mol. The second-order valence-corrected chi connectivity index (χ2v) is 11.2. The molecule has 2 aliphatic rings. The smallest absolute Gasteiger partial charge is 0.410 e. The van der Waals surface area contributed by atoms with Gasteiger partial charge in [-0.25, -0.2) is 4.79 Å². The number of pyridine rings is 1. The van der Waals surface area contributed by atoms with E-state index in [1.54, 1.807) is 30.2 Å². The van der Waals surface area contributed by atoms with Gasteiger partial charge in [0.25, 0.3) is 0 Å². The van der Waals surface area contributed by atoms with Gasteiger partial charge >= 0.3 is 12.1 Å². The summed E-state index contributed by atoms with van der Waals surface area (Å²) in [5.74, 6) is -1.17. The molecule has 9 heteroatoms. The van der Waals surface area contributed by atoms with Crippen LogP contribution in [0.3, 0.4) is 0 Å². The minimum atomic E-state index is -1.50. The molecule has 0 unspecified atom stereocenters. The van der Waals surface area contributed by atoms with Gasteiger partial charge in [0, 0.05) is 56.3 Å². The SMILES string of the molecule is C/C(=C\C=C\[C@@H](C)c1ccccn1)[C@H]1OC(=O)CC(=O)CC[C@@](C)(O)[C@@H](OC(=O)N2CCN(C)CC2)/C=C/[C@@H]1C. The maximum Gasteiger partial charge on any atom is 0.410 e. The van der Waals surface area contributed by atoms with Crippen molar-refractivity contribution in [3.63, 3.8) is 0 Å². The van der Waals surface area contributed by atoms with Gasteiger partial charge < -0.3 is 24.4 Å². The minimum Gasteiger partial charge on any atom is -0.457 e. The van der Waals surface area contributed by atoms with Crippen molar-refractivity contribution in [2.75, 3.05) is 33.2 Å². The molecule has 1 N–H and O–H groups in total. The first kappa shape index (κ1) is 31.2. The molecule has 1 fully saturated rings. The second-order valence-electron chi connectivity index (χ2n) is 11.2. The van der Waals surface area contributed by atoms with Crippen LogP contribution in [0, 0.1) is 5.92 Å². The average Bonchev–Trinajstić information content (AvgIpc) is 2.92. The number of aliphatic hydroxyl groups is 1. The molecule has 218 valence electrons. The third-order valence-electron chi connectivity index (χ3n) is 7.54. The Labute approximate surface area is 237 Å². The number of esters is 1. The molecule has 0 radical (unpaired) electrons. The van der Waals surface area contributed by atoms with Crippen LogP contribution in [0.1, 0.15) is 58.6 Å². The van der Waals surface area contributed by atoms with E-state index in [1.807, 2.05) is 64.2 Å². The summed E-state index contributed by atoms with van der Waals surface area (Å²) in [4.78, 5) is 46.3. The van der Waals surface area contributed by atoms with Crippen molar-refractivity contribution < 1.29 is 29.0 Å². The van der Waals surface area contributed by atoms with E-state index in [0.29, 0.717) is 13.1 Å². The Morgan fingerprint density at radius 3 is 2.62 bits per heavy atom. The van der Waals surface area contributed by atoms with Crippen molar-refractivity contribution in [2.45, 2.75) is 70.7 Å². The van der Waals surface area contributed by atoms with Crippen LogP contribution in [0.25, 0.3) is 0 Å². The van der Waals surface area contributed by atoms with Crippen molar-refractivity contribution in [2.24, 2.45) is 5.92 Å². The molecule has 0 aromatic carbocycles. The first-order valence-corrected chi connectivity index (χ1v) is 14.0. The molecule has 1 aromatic heterocycles. The summed E-state index contributed by atoms with van der Waals surface area (Å²) in [6.45, 7) is 9.91. The van der Waals surface area contributed by atoms with Crippen LogP contribution in [0.5, 0.6) is 0 Å². The topological polar surface area (TPSA) is 109 Å². The van der Waals surface area contributed by atoms with Gasteiger partial charge in [-0.3, -0.25) is 14.6 Å². The molecule has 3 rings (SSSR count). The predicted octanol–water partition coefficient (Wildman–Crippen LogP) is 4.05.